The van der Waals surface area contributed by atoms with Crippen molar-refractivity contribution in [2.24, 2.45) is 0 Å². The maximum absolute atomic E-state index is 13.1. The molecule has 6 nitrogen and oxygen atoms in total. The predicted molar refractivity (Wildman–Crippen MR) is 96.8 cm³/mol. The highest BCUT2D eigenvalue weighted by Crippen LogP contribution is 2.18. The molecule has 2 aromatic carbocycles. The maximum Gasteiger partial charge on any atom is 0.305 e. The third-order valence-corrected chi connectivity index (χ3v) is 3.97. The zero-order valence-electron chi connectivity index (χ0n) is 15.1. The second-order valence-corrected chi connectivity index (χ2v) is 6.02. The van der Waals surface area contributed by atoms with Gasteiger partial charge < -0.3 is 19.9 Å². The molecule has 2 rings (SSSR count). The standard InChI is InChI=1S/C20H22FNO5/c1-13(27-12-14-4-3-5-17(10-14)26-2)20(25)22-18(11-19(23)24)15-6-8-16(21)9-7-15/h3-10,13,18H,11-12H2,1-2H3,(H,22,25)(H,23,24). The Hall–Kier alpha value is -2.93. The fraction of sp³-hybridized carbons (Fsp3) is 0.300. The molecule has 0 spiro atoms. The number of ether oxygens (including phenoxy) is 2. The Kier molecular flexibility index (Phi) is 7.31. The lowest BCUT2D eigenvalue weighted by Gasteiger charge is -2.20. The van der Waals surface area contributed by atoms with Gasteiger partial charge in [0.25, 0.3) is 0 Å². The molecule has 0 aliphatic rings. The van der Waals surface area contributed by atoms with Crippen molar-refractivity contribution in [3.05, 3.63) is 65.5 Å². The zero-order chi connectivity index (χ0) is 19.8. The number of benzene rings is 2. The van der Waals surface area contributed by atoms with Crippen LogP contribution in [0.1, 0.15) is 30.5 Å². The van der Waals surface area contributed by atoms with Crippen molar-refractivity contribution in [1.82, 2.24) is 5.32 Å². The Bertz CT molecular complexity index is 778. The van der Waals surface area contributed by atoms with Gasteiger partial charge in [0.2, 0.25) is 5.91 Å². The number of amides is 1. The van der Waals surface area contributed by atoms with Crippen LogP contribution in [-0.4, -0.2) is 30.2 Å². The molecule has 2 unspecified atom stereocenters. The van der Waals surface area contributed by atoms with Crippen molar-refractivity contribution >= 4 is 11.9 Å². The summed E-state index contributed by atoms with van der Waals surface area (Å²) in [4.78, 5) is 23.5. The molecule has 0 saturated carbocycles. The minimum absolute atomic E-state index is 0.200. The van der Waals surface area contributed by atoms with Gasteiger partial charge in [-0.2, -0.15) is 0 Å². The summed E-state index contributed by atoms with van der Waals surface area (Å²) in [5.41, 5.74) is 1.35. The van der Waals surface area contributed by atoms with E-state index in [9.17, 15) is 14.0 Å². The number of carboxylic acid groups (broad SMARTS) is 1. The molecule has 0 aliphatic carbocycles. The predicted octanol–water partition coefficient (Wildman–Crippen LogP) is 3.07. The van der Waals surface area contributed by atoms with Crippen molar-refractivity contribution in [3.63, 3.8) is 0 Å². The number of rotatable bonds is 9. The van der Waals surface area contributed by atoms with Crippen LogP contribution in [0.25, 0.3) is 0 Å². The molecule has 0 aliphatic heterocycles. The van der Waals surface area contributed by atoms with Crippen LogP contribution in [0.5, 0.6) is 5.75 Å². The average Bonchev–Trinajstić information content (AvgIpc) is 2.66. The third-order valence-electron chi connectivity index (χ3n) is 3.97. The van der Waals surface area contributed by atoms with Gasteiger partial charge in [0.15, 0.2) is 0 Å². The van der Waals surface area contributed by atoms with Crippen LogP contribution in [0.3, 0.4) is 0 Å². The van der Waals surface area contributed by atoms with Gasteiger partial charge in [-0.25, -0.2) is 4.39 Å². The van der Waals surface area contributed by atoms with Crippen LogP contribution in [0.4, 0.5) is 4.39 Å². The number of aliphatic carboxylic acids is 1. The first kappa shape index (κ1) is 20.4. The molecule has 0 radical (unpaired) electrons. The van der Waals surface area contributed by atoms with Crippen molar-refractivity contribution in [1.29, 1.82) is 0 Å². The van der Waals surface area contributed by atoms with Crippen LogP contribution >= 0.6 is 0 Å². The van der Waals surface area contributed by atoms with E-state index in [1.54, 1.807) is 26.2 Å². The number of hydrogen-bond donors (Lipinski definition) is 2. The van der Waals surface area contributed by atoms with Gasteiger partial charge in [0.1, 0.15) is 17.7 Å². The normalized spacial score (nSPS) is 12.9. The first-order chi connectivity index (χ1) is 12.9. The minimum Gasteiger partial charge on any atom is -0.497 e. The molecule has 2 aromatic rings. The topological polar surface area (TPSA) is 84.9 Å². The zero-order valence-corrected chi connectivity index (χ0v) is 15.1. The molecule has 0 fully saturated rings. The third kappa shape index (κ3) is 6.38. The van der Waals surface area contributed by atoms with E-state index in [-0.39, 0.29) is 13.0 Å². The highest BCUT2D eigenvalue weighted by molar-refractivity contribution is 5.81. The summed E-state index contributed by atoms with van der Waals surface area (Å²) in [5.74, 6) is -1.27. The number of carboxylic acids is 1. The number of hydrogen-bond acceptors (Lipinski definition) is 4. The molecule has 0 bridgehead atoms. The van der Waals surface area contributed by atoms with Gasteiger partial charge >= 0.3 is 5.97 Å². The minimum atomic E-state index is -1.07. The lowest BCUT2D eigenvalue weighted by molar-refractivity contribution is -0.138. The largest absolute Gasteiger partial charge is 0.497 e. The van der Waals surface area contributed by atoms with Gasteiger partial charge in [-0.1, -0.05) is 24.3 Å². The van der Waals surface area contributed by atoms with Gasteiger partial charge in [0, 0.05) is 0 Å². The monoisotopic (exact) mass is 375 g/mol. The quantitative estimate of drug-likeness (QED) is 0.704. The molecule has 2 atom stereocenters. The molecule has 144 valence electrons. The molecule has 2 N–H and O–H groups in total. The molecule has 27 heavy (non-hydrogen) atoms. The Balaban J connectivity index is 1.98. The molecule has 0 saturated heterocycles. The highest BCUT2D eigenvalue weighted by Gasteiger charge is 2.22. The van der Waals surface area contributed by atoms with Crippen molar-refractivity contribution in [2.75, 3.05) is 7.11 Å². The lowest BCUT2D eigenvalue weighted by atomic mass is 10.0. The van der Waals surface area contributed by atoms with E-state index in [4.69, 9.17) is 14.6 Å². The van der Waals surface area contributed by atoms with Crippen LogP contribution in [0.2, 0.25) is 0 Å². The van der Waals surface area contributed by atoms with E-state index in [2.05, 4.69) is 5.32 Å². The number of carbonyl (C=O) groups excluding carboxylic acids is 1. The van der Waals surface area contributed by atoms with E-state index in [0.29, 0.717) is 11.3 Å². The molecular weight excluding hydrogens is 353 g/mol. The number of methoxy groups -OCH3 is 1. The van der Waals surface area contributed by atoms with Gasteiger partial charge in [-0.05, 0) is 42.3 Å². The number of carbonyl (C=O) groups is 2. The van der Waals surface area contributed by atoms with E-state index < -0.39 is 29.8 Å². The Morgan fingerprint density at radius 2 is 1.89 bits per heavy atom. The first-order valence-corrected chi connectivity index (χ1v) is 8.41. The highest BCUT2D eigenvalue weighted by atomic mass is 19.1. The second-order valence-electron chi connectivity index (χ2n) is 6.02. The Labute approximate surface area is 156 Å². The molecule has 0 aromatic heterocycles. The summed E-state index contributed by atoms with van der Waals surface area (Å²) >= 11 is 0. The summed E-state index contributed by atoms with van der Waals surface area (Å²) in [5, 5.41) is 11.7. The molecule has 0 heterocycles. The Morgan fingerprint density at radius 1 is 1.19 bits per heavy atom. The van der Waals surface area contributed by atoms with Gasteiger partial charge in [-0.3, -0.25) is 9.59 Å². The number of nitrogens with one attached hydrogen (secondary N) is 1. The first-order valence-electron chi connectivity index (χ1n) is 8.41. The van der Waals surface area contributed by atoms with Crippen LogP contribution in [-0.2, 0) is 20.9 Å². The summed E-state index contributed by atoms with van der Waals surface area (Å²) in [6.45, 7) is 1.78. The van der Waals surface area contributed by atoms with Crippen molar-refractivity contribution < 1.29 is 28.6 Å². The van der Waals surface area contributed by atoms with E-state index in [0.717, 1.165) is 5.56 Å². The molecule has 1 amide bonds. The van der Waals surface area contributed by atoms with Gasteiger partial charge in [0.05, 0.1) is 26.2 Å². The average molecular weight is 375 g/mol. The van der Waals surface area contributed by atoms with Gasteiger partial charge in [-0.15, -0.1) is 0 Å². The smallest absolute Gasteiger partial charge is 0.305 e. The van der Waals surface area contributed by atoms with Crippen LogP contribution in [0, 0.1) is 5.82 Å². The fourth-order valence-electron chi connectivity index (χ4n) is 2.47. The number of halogens is 1. The van der Waals surface area contributed by atoms with E-state index >= 15 is 0 Å². The summed E-state index contributed by atoms with van der Waals surface area (Å²) in [7, 11) is 1.56. The fourth-order valence-corrected chi connectivity index (χ4v) is 2.47. The maximum atomic E-state index is 13.1. The SMILES string of the molecule is COc1cccc(COC(C)C(=O)NC(CC(=O)O)c2ccc(F)cc2)c1. The lowest BCUT2D eigenvalue weighted by Crippen LogP contribution is -2.37. The Morgan fingerprint density at radius 3 is 2.52 bits per heavy atom. The van der Waals surface area contributed by atoms with E-state index in [1.165, 1.54) is 24.3 Å². The summed E-state index contributed by atoms with van der Waals surface area (Å²) in [6.07, 6.45) is -1.12. The van der Waals surface area contributed by atoms with Crippen molar-refractivity contribution in [3.8, 4) is 5.75 Å². The molecular formula is C20H22FNO5. The summed E-state index contributed by atoms with van der Waals surface area (Å²) in [6, 6.07) is 11.8. The van der Waals surface area contributed by atoms with E-state index in [1.807, 2.05) is 12.1 Å². The summed E-state index contributed by atoms with van der Waals surface area (Å²) < 4.78 is 23.8. The van der Waals surface area contributed by atoms with Crippen LogP contribution < -0.4 is 10.1 Å². The van der Waals surface area contributed by atoms with Crippen LogP contribution in [0.15, 0.2) is 48.5 Å². The van der Waals surface area contributed by atoms with Crippen molar-refractivity contribution in [2.45, 2.75) is 32.1 Å². The second kappa shape index (κ2) is 9.68. The molecule has 7 heteroatoms.